The smallest absolute Gasteiger partial charge is 0.411 e. The van der Waals surface area contributed by atoms with Gasteiger partial charge in [0.1, 0.15) is 18.1 Å². The van der Waals surface area contributed by atoms with E-state index in [2.05, 4.69) is 0 Å². The summed E-state index contributed by atoms with van der Waals surface area (Å²) < 4.78 is 5.67. The topological polar surface area (TPSA) is 107 Å². The van der Waals surface area contributed by atoms with E-state index in [1.807, 2.05) is 48.5 Å². The van der Waals surface area contributed by atoms with Gasteiger partial charge in [0.2, 0.25) is 0 Å². The molecular weight excluding hydrogens is 422 g/mol. The molecule has 1 atom stereocenters. The first-order valence-electron chi connectivity index (χ1n) is 10.7. The lowest BCUT2D eigenvalue weighted by molar-refractivity contribution is -0.150. The molecule has 3 aromatic rings. The number of amides is 1. The molecule has 4 rings (SSSR count). The van der Waals surface area contributed by atoms with Gasteiger partial charge in [0.05, 0.1) is 0 Å². The predicted molar refractivity (Wildman–Crippen MR) is 122 cm³/mol. The van der Waals surface area contributed by atoms with Gasteiger partial charge in [-0.15, -0.1) is 0 Å². The highest BCUT2D eigenvalue weighted by Crippen LogP contribution is 2.44. The standard InChI is InChI=1S/C26H25NO6/c1-3-27(26(2,24(30)31)16-12-17(28)14-18(29)13-16)25(32)33-15-23-21-10-6-4-8-19(21)20-9-5-7-11-22(20)23/h4-14,23,28-29H,3,15H2,1-2H3,(H,30,31). The number of nitrogens with zero attached hydrogens (tertiary/aromatic N) is 1. The van der Waals surface area contributed by atoms with Crippen LogP contribution < -0.4 is 0 Å². The Kier molecular flexibility index (Phi) is 5.72. The van der Waals surface area contributed by atoms with Gasteiger partial charge in [-0.25, -0.2) is 9.59 Å². The fraction of sp³-hybridized carbons (Fsp3) is 0.231. The Balaban J connectivity index is 1.62. The number of carbonyl (C=O) groups is 2. The first kappa shape index (κ1) is 22.2. The highest BCUT2D eigenvalue weighted by Gasteiger charge is 2.45. The maximum Gasteiger partial charge on any atom is 0.411 e. The van der Waals surface area contributed by atoms with Crippen LogP contribution in [0.3, 0.4) is 0 Å². The van der Waals surface area contributed by atoms with Crippen molar-refractivity contribution in [3.05, 3.63) is 83.4 Å². The second-order valence-electron chi connectivity index (χ2n) is 8.16. The number of likely N-dealkylation sites (N-methyl/N-ethyl adjacent to an activating group) is 1. The van der Waals surface area contributed by atoms with Gasteiger partial charge in [-0.05, 0) is 53.8 Å². The van der Waals surface area contributed by atoms with Crippen molar-refractivity contribution in [1.29, 1.82) is 0 Å². The molecule has 1 aliphatic rings. The predicted octanol–water partition coefficient (Wildman–Crippen LogP) is 4.67. The number of aliphatic carboxylic acids is 1. The van der Waals surface area contributed by atoms with Gasteiger partial charge in [-0.2, -0.15) is 0 Å². The first-order valence-corrected chi connectivity index (χ1v) is 10.7. The minimum atomic E-state index is -1.87. The van der Waals surface area contributed by atoms with Crippen LogP contribution >= 0.6 is 0 Å². The molecule has 1 unspecified atom stereocenters. The number of ether oxygens (including phenoxy) is 1. The maximum absolute atomic E-state index is 13.2. The summed E-state index contributed by atoms with van der Waals surface area (Å²) in [6.07, 6.45) is -0.799. The van der Waals surface area contributed by atoms with Gasteiger partial charge in [0.25, 0.3) is 0 Å². The molecule has 33 heavy (non-hydrogen) atoms. The lowest BCUT2D eigenvalue weighted by atomic mass is 9.89. The van der Waals surface area contributed by atoms with Crippen LogP contribution in [0.5, 0.6) is 11.5 Å². The van der Waals surface area contributed by atoms with Crippen molar-refractivity contribution in [2.45, 2.75) is 25.3 Å². The van der Waals surface area contributed by atoms with Crippen molar-refractivity contribution >= 4 is 12.1 Å². The van der Waals surface area contributed by atoms with E-state index in [9.17, 15) is 24.9 Å². The van der Waals surface area contributed by atoms with Crippen LogP contribution in [0.1, 0.15) is 36.5 Å². The SMILES string of the molecule is CCN(C(=O)OCC1c2ccccc2-c2ccccc21)C(C)(C(=O)O)c1cc(O)cc(O)c1. The van der Waals surface area contributed by atoms with E-state index in [0.717, 1.165) is 33.2 Å². The Morgan fingerprint density at radius 3 is 1.94 bits per heavy atom. The average molecular weight is 447 g/mol. The number of hydrogen-bond donors (Lipinski definition) is 3. The maximum atomic E-state index is 13.2. The Morgan fingerprint density at radius 1 is 0.939 bits per heavy atom. The molecule has 1 amide bonds. The van der Waals surface area contributed by atoms with Gasteiger partial charge < -0.3 is 20.1 Å². The summed E-state index contributed by atoms with van der Waals surface area (Å²) in [6, 6.07) is 19.4. The molecule has 0 spiro atoms. The summed E-state index contributed by atoms with van der Waals surface area (Å²) in [5, 5.41) is 29.8. The zero-order valence-electron chi connectivity index (χ0n) is 18.4. The van der Waals surface area contributed by atoms with Crippen molar-refractivity contribution in [3.8, 4) is 22.6 Å². The third kappa shape index (κ3) is 3.75. The molecule has 7 nitrogen and oxygen atoms in total. The highest BCUT2D eigenvalue weighted by molar-refractivity contribution is 5.86. The van der Waals surface area contributed by atoms with Crippen LogP contribution in [-0.4, -0.2) is 45.4 Å². The third-order valence-corrected chi connectivity index (χ3v) is 6.29. The molecule has 1 aliphatic carbocycles. The fourth-order valence-corrected chi connectivity index (χ4v) is 4.57. The van der Waals surface area contributed by atoms with Crippen molar-refractivity contribution in [3.63, 3.8) is 0 Å². The minimum Gasteiger partial charge on any atom is -0.508 e. The summed E-state index contributed by atoms with van der Waals surface area (Å²) >= 11 is 0. The lowest BCUT2D eigenvalue weighted by Gasteiger charge is -2.37. The molecule has 0 radical (unpaired) electrons. The summed E-state index contributed by atoms with van der Waals surface area (Å²) in [6.45, 7) is 3.07. The van der Waals surface area contributed by atoms with Crippen molar-refractivity contribution < 1.29 is 29.6 Å². The largest absolute Gasteiger partial charge is 0.508 e. The summed E-state index contributed by atoms with van der Waals surface area (Å²) in [4.78, 5) is 26.6. The van der Waals surface area contributed by atoms with E-state index in [0.29, 0.717) is 0 Å². The van der Waals surface area contributed by atoms with Crippen LogP contribution in [0.4, 0.5) is 4.79 Å². The number of benzene rings is 3. The van der Waals surface area contributed by atoms with Crippen molar-refractivity contribution in [2.24, 2.45) is 0 Å². The van der Waals surface area contributed by atoms with Crippen molar-refractivity contribution in [2.75, 3.05) is 13.2 Å². The zero-order valence-corrected chi connectivity index (χ0v) is 18.4. The van der Waals surface area contributed by atoms with Gasteiger partial charge in [0, 0.05) is 18.5 Å². The van der Waals surface area contributed by atoms with Gasteiger partial charge in [0.15, 0.2) is 5.54 Å². The molecule has 0 bridgehead atoms. The summed E-state index contributed by atoms with van der Waals surface area (Å²) in [5.74, 6) is -2.09. The van der Waals surface area contributed by atoms with Gasteiger partial charge in [-0.1, -0.05) is 48.5 Å². The van der Waals surface area contributed by atoms with E-state index < -0.39 is 17.6 Å². The van der Waals surface area contributed by atoms with Crippen molar-refractivity contribution in [1.82, 2.24) is 4.90 Å². The number of rotatable bonds is 6. The number of carbonyl (C=O) groups excluding carboxylic acids is 1. The monoisotopic (exact) mass is 447 g/mol. The zero-order chi connectivity index (χ0) is 23.8. The highest BCUT2D eigenvalue weighted by atomic mass is 16.6. The molecule has 3 aromatic carbocycles. The van der Waals surface area contributed by atoms with E-state index in [4.69, 9.17) is 4.74 Å². The molecule has 0 fully saturated rings. The number of fused-ring (bicyclic) bond motifs is 3. The molecular formula is C26H25NO6. The molecule has 170 valence electrons. The number of phenols is 2. The molecule has 0 aliphatic heterocycles. The van der Waals surface area contributed by atoms with Crippen LogP contribution in [0.2, 0.25) is 0 Å². The summed E-state index contributed by atoms with van der Waals surface area (Å²) in [5.41, 5.74) is 2.47. The van der Waals surface area contributed by atoms with E-state index >= 15 is 0 Å². The Hall–Kier alpha value is -4.00. The molecule has 3 N–H and O–H groups in total. The number of aromatic hydroxyl groups is 2. The van der Waals surface area contributed by atoms with Crippen LogP contribution in [0, 0.1) is 0 Å². The van der Waals surface area contributed by atoms with Crippen LogP contribution in [-0.2, 0) is 15.1 Å². The first-order chi connectivity index (χ1) is 15.8. The minimum absolute atomic E-state index is 0.0376. The molecule has 0 aromatic heterocycles. The van der Waals surface area contributed by atoms with Gasteiger partial charge in [-0.3, -0.25) is 4.90 Å². The molecule has 0 heterocycles. The third-order valence-electron chi connectivity index (χ3n) is 6.29. The van der Waals surface area contributed by atoms with E-state index in [-0.39, 0.29) is 36.1 Å². The number of phenolic OH excluding ortho intramolecular Hbond substituents is 2. The fourth-order valence-electron chi connectivity index (χ4n) is 4.57. The quantitative estimate of drug-likeness (QED) is 0.507. The Morgan fingerprint density at radius 2 is 1.45 bits per heavy atom. The number of carboxylic acid groups (broad SMARTS) is 1. The second-order valence-corrected chi connectivity index (χ2v) is 8.16. The van der Waals surface area contributed by atoms with Gasteiger partial charge >= 0.3 is 12.1 Å². The number of carboxylic acids is 1. The average Bonchev–Trinajstić information content (AvgIpc) is 3.11. The number of hydrogen-bond acceptors (Lipinski definition) is 5. The van der Waals surface area contributed by atoms with E-state index in [1.54, 1.807) is 6.92 Å². The normalized spacial score (nSPS) is 14.1. The van der Waals surface area contributed by atoms with Crippen LogP contribution in [0.25, 0.3) is 11.1 Å². The summed E-state index contributed by atoms with van der Waals surface area (Å²) in [7, 11) is 0. The van der Waals surface area contributed by atoms with E-state index in [1.165, 1.54) is 19.1 Å². The molecule has 0 saturated carbocycles. The molecule has 7 heteroatoms. The Labute approximate surface area is 191 Å². The van der Waals surface area contributed by atoms with Crippen LogP contribution in [0.15, 0.2) is 66.7 Å². The molecule has 0 saturated heterocycles. The Bertz CT molecular complexity index is 1160. The lowest BCUT2D eigenvalue weighted by Crippen LogP contribution is -2.53. The second kappa shape index (κ2) is 8.50.